The summed E-state index contributed by atoms with van der Waals surface area (Å²) in [6.07, 6.45) is 2.27. The van der Waals surface area contributed by atoms with Crippen molar-refractivity contribution in [3.8, 4) is 0 Å². The molecular formula is C14H20N2O5. The zero-order chi connectivity index (χ0) is 15.4. The number of carbonyl (C=O) groups is 2. The largest absolute Gasteiger partial charge is 0.480 e. The number of aliphatic hydroxyl groups excluding tert-OH is 1. The number of aliphatic carboxylic acids is 1. The molecule has 7 nitrogen and oxygen atoms in total. The average molecular weight is 296 g/mol. The summed E-state index contributed by atoms with van der Waals surface area (Å²) in [6, 6.07) is 2.14. The molecule has 7 heteroatoms. The van der Waals surface area contributed by atoms with Crippen molar-refractivity contribution in [1.29, 1.82) is 0 Å². The average Bonchev–Trinajstić information content (AvgIpc) is 3.05. The zero-order valence-electron chi connectivity index (χ0n) is 11.9. The number of amides is 2. The third-order valence-corrected chi connectivity index (χ3v) is 3.60. The SMILES string of the molecule is CC(CCc1ccco1)NC(=O)N1C[C@H](O)C[C@H]1C(=O)O. The molecule has 1 aliphatic rings. The molecule has 1 saturated heterocycles. The normalized spacial score (nSPS) is 23.0. The Bertz CT molecular complexity index is 488. The Balaban J connectivity index is 1.83. The van der Waals surface area contributed by atoms with E-state index in [1.807, 2.05) is 19.1 Å². The van der Waals surface area contributed by atoms with Gasteiger partial charge in [-0.2, -0.15) is 0 Å². The number of hydrogen-bond acceptors (Lipinski definition) is 4. The van der Waals surface area contributed by atoms with Crippen molar-refractivity contribution in [1.82, 2.24) is 10.2 Å². The molecule has 0 aromatic carbocycles. The topological polar surface area (TPSA) is 103 Å². The summed E-state index contributed by atoms with van der Waals surface area (Å²) in [4.78, 5) is 24.4. The fourth-order valence-corrected chi connectivity index (χ4v) is 2.45. The van der Waals surface area contributed by atoms with Gasteiger partial charge in [0.05, 0.1) is 12.4 Å². The smallest absolute Gasteiger partial charge is 0.326 e. The fraction of sp³-hybridized carbons (Fsp3) is 0.571. The van der Waals surface area contributed by atoms with Gasteiger partial charge < -0.3 is 24.8 Å². The predicted molar refractivity (Wildman–Crippen MR) is 73.8 cm³/mol. The maximum atomic E-state index is 12.1. The van der Waals surface area contributed by atoms with Crippen LogP contribution in [0.5, 0.6) is 0 Å². The van der Waals surface area contributed by atoms with Gasteiger partial charge in [-0.25, -0.2) is 9.59 Å². The molecule has 1 aliphatic heterocycles. The van der Waals surface area contributed by atoms with Gasteiger partial charge in [0.15, 0.2) is 0 Å². The van der Waals surface area contributed by atoms with Crippen molar-refractivity contribution < 1.29 is 24.2 Å². The third kappa shape index (κ3) is 3.98. The molecule has 1 fully saturated rings. The third-order valence-electron chi connectivity index (χ3n) is 3.60. The van der Waals surface area contributed by atoms with Crippen LogP contribution in [-0.4, -0.2) is 51.8 Å². The van der Waals surface area contributed by atoms with Crippen molar-refractivity contribution >= 4 is 12.0 Å². The summed E-state index contributed by atoms with van der Waals surface area (Å²) < 4.78 is 5.22. The van der Waals surface area contributed by atoms with E-state index in [-0.39, 0.29) is 19.0 Å². The first-order valence-electron chi connectivity index (χ1n) is 6.97. The van der Waals surface area contributed by atoms with Crippen LogP contribution in [0.3, 0.4) is 0 Å². The molecular weight excluding hydrogens is 276 g/mol. The maximum absolute atomic E-state index is 12.1. The van der Waals surface area contributed by atoms with E-state index in [0.29, 0.717) is 12.8 Å². The van der Waals surface area contributed by atoms with E-state index in [1.165, 1.54) is 4.90 Å². The Hall–Kier alpha value is -2.02. The number of nitrogens with zero attached hydrogens (tertiary/aromatic N) is 1. The Morgan fingerprint density at radius 2 is 2.33 bits per heavy atom. The Kier molecular flexibility index (Phi) is 4.85. The van der Waals surface area contributed by atoms with Crippen LogP contribution in [0, 0.1) is 0 Å². The highest BCUT2D eigenvalue weighted by molar-refractivity contribution is 5.83. The van der Waals surface area contributed by atoms with Crippen molar-refractivity contribution in [2.24, 2.45) is 0 Å². The molecule has 3 N–H and O–H groups in total. The number of rotatable bonds is 5. The summed E-state index contributed by atoms with van der Waals surface area (Å²) in [5.74, 6) is -0.249. The van der Waals surface area contributed by atoms with Crippen LogP contribution in [0.15, 0.2) is 22.8 Å². The molecule has 0 aliphatic carbocycles. The van der Waals surface area contributed by atoms with Gasteiger partial charge in [-0.15, -0.1) is 0 Å². The summed E-state index contributed by atoms with van der Waals surface area (Å²) in [6.45, 7) is 1.90. The molecule has 1 aromatic heterocycles. The second kappa shape index (κ2) is 6.62. The molecule has 1 unspecified atom stereocenters. The van der Waals surface area contributed by atoms with Gasteiger partial charge in [0, 0.05) is 25.4 Å². The minimum Gasteiger partial charge on any atom is -0.480 e. The highest BCUT2D eigenvalue weighted by Crippen LogP contribution is 2.18. The second-order valence-corrected chi connectivity index (χ2v) is 5.36. The van der Waals surface area contributed by atoms with Crippen LogP contribution in [0.1, 0.15) is 25.5 Å². The predicted octanol–water partition coefficient (Wildman–Crippen LogP) is 0.830. The number of β-amino-alcohol motifs (C(OH)–C–C–N with tert-alkyl or cyclic N) is 1. The molecule has 2 rings (SSSR count). The Morgan fingerprint density at radius 1 is 1.57 bits per heavy atom. The quantitative estimate of drug-likeness (QED) is 0.747. The fourth-order valence-electron chi connectivity index (χ4n) is 2.45. The summed E-state index contributed by atoms with van der Waals surface area (Å²) >= 11 is 0. The first-order valence-corrected chi connectivity index (χ1v) is 6.97. The van der Waals surface area contributed by atoms with Gasteiger partial charge in [-0.05, 0) is 25.5 Å². The molecule has 0 spiro atoms. The van der Waals surface area contributed by atoms with Crippen LogP contribution in [-0.2, 0) is 11.2 Å². The van der Waals surface area contributed by atoms with E-state index in [4.69, 9.17) is 9.52 Å². The molecule has 116 valence electrons. The van der Waals surface area contributed by atoms with Crippen LogP contribution in [0.4, 0.5) is 4.79 Å². The van der Waals surface area contributed by atoms with E-state index < -0.39 is 24.1 Å². The number of nitrogens with one attached hydrogen (secondary N) is 1. The molecule has 2 amide bonds. The van der Waals surface area contributed by atoms with Crippen LogP contribution in [0.25, 0.3) is 0 Å². The summed E-state index contributed by atoms with van der Waals surface area (Å²) in [7, 11) is 0. The highest BCUT2D eigenvalue weighted by atomic mass is 16.4. The van der Waals surface area contributed by atoms with Gasteiger partial charge >= 0.3 is 12.0 Å². The van der Waals surface area contributed by atoms with Gasteiger partial charge in [0.25, 0.3) is 0 Å². The number of likely N-dealkylation sites (tertiary alicyclic amines) is 1. The molecule has 21 heavy (non-hydrogen) atoms. The lowest BCUT2D eigenvalue weighted by molar-refractivity contribution is -0.141. The van der Waals surface area contributed by atoms with Crippen LogP contribution >= 0.6 is 0 Å². The number of carboxylic acids is 1. The second-order valence-electron chi connectivity index (χ2n) is 5.36. The van der Waals surface area contributed by atoms with Gasteiger partial charge in [0.1, 0.15) is 11.8 Å². The number of urea groups is 1. The van der Waals surface area contributed by atoms with E-state index in [9.17, 15) is 14.7 Å². The minimum atomic E-state index is -1.09. The molecule has 0 bridgehead atoms. The lowest BCUT2D eigenvalue weighted by Crippen LogP contribution is -2.48. The summed E-state index contributed by atoms with van der Waals surface area (Å²) in [5, 5.41) is 21.4. The number of carboxylic acid groups (broad SMARTS) is 1. The monoisotopic (exact) mass is 296 g/mol. The van der Waals surface area contributed by atoms with Crippen molar-refractivity contribution in [3.63, 3.8) is 0 Å². The molecule has 0 saturated carbocycles. The van der Waals surface area contributed by atoms with Crippen molar-refractivity contribution in [3.05, 3.63) is 24.2 Å². The number of hydrogen-bond donors (Lipinski definition) is 3. The lowest BCUT2D eigenvalue weighted by Gasteiger charge is -2.24. The first kappa shape index (κ1) is 15.4. The van der Waals surface area contributed by atoms with E-state index in [0.717, 1.165) is 5.76 Å². The molecule has 2 heterocycles. The molecule has 3 atom stereocenters. The van der Waals surface area contributed by atoms with E-state index in [2.05, 4.69) is 5.32 Å². The Labute approximate surface area is 122 Å². The number of carbonyl (C=O) groups excluding carboxylic acids is 1. The number of aryl methyl sites for hydroxylation is 1. The van der Waals surface area contributed by atoms with E-state index in [1.54, 1.807) is 6.26 Å². The minimum absolute atomic E-state index is 0.0493. The standard InChI is InChI=1S/C14H20N2O5/c1-9(4-5-11-3-2-6-21-11)15-14(20)16-8-10(17)7-12(16)13(18)19/h2-3,6,9-10,12,17H,4-5,7-8H2,1H3,(H,15,20)(H,18,19)/t9?,10-,12+/m1/s1. The first-order chi connectivity index (χ1) is 9.97. The van der Waals surface area contributed by atoms with Crippen LogP contribution < -0.4 is 5.32 Å². The van der Waals surface area contributed by atoms with Gasteiger partial charge in [-0.3, -0.25) is 0 Å². The number of furan rings is 1. The summed E-state index contributed by atoms with van der Waals surface area (Å²) in [5.41, 5.74) is 0. The highest BCUT2D eigenvalue weighted by Gasteiger charge is 2.39. The van der Waals surface area contributed by atoms with Gasteiger partial charge in [0.2, 0.25) is 0 Å². The van der Waals surface area contributed by atoms with Gasteiger partial charge in [-0.1, -0.05) is 0 Å². The zero-order valence-corrected chi connectivity index (χ0v) is 11.9. The molecule has 0 radical (unpaired) electrons. The lowest BCUT2D eigenvalue weighted by atomic mass is 10.1. The number of aliphatic hydroxyl groups is 1. The van der Waals surface area contributed by atoms with Crippen molar-refractivity contribution in [2.45, 2.75) is 44.4 Å². The molecule has 1 aromatic rings. The Morgan fingerprint density at radius 3 is 2.95 bits per heavy atom. The van der Waals surface area contributed by atoms with E-state index >= 15 is 0 Å². The van der Waals surface area contributed by atoms with Crippen molar-refractivity contribution in [2.75, 3.05) is 6.54 Å². The van der Waals surface area contributed by atoms with Crippen LogP contribution in [0.2, 0.25) is 0 Å². The maximum Gasteiger partial charge on any atom is 0.326 e.